The smallest absolute Gasteiger partial charge is 0.200 e. The minimum absolute atomic E-state index is 0.0920. The van der Waals surface area contributed by atoms with Gasteiger partial charge in [-0.25, -0.2) is 4.98 Å². The van der Waals surface area contributed by atoms with Crippen molar-refractivity contribution in [2.75, 3.05) is 0 Å². The third-order valence-corrected chi connectivity index (χ3v) is 4.00. The first-order valence-electron chi connectivity index (χ1n) is 6.05. The van der Waals surface area contributed by atoms with Crippen molar-refractivity contribution in [3.63, 3.8) is 0 Å². The Morgan fingerprint density at radius 1 is 1.28 bits per heavy atom. The first-order valence-corrected chi connectivity index (χ1v) is 7.31. The molecule has 0 fully saturated rings. The summed E-state index contributed by atoms with van der Waals surface area (Å²) in [6, 6.07) is 3.81. The minimum atomic E-state index is -0.0920. The van der Waals surface area contributed by atoms with Crippen LogP contribution in [0.15, 0.2) is 21.4 Å². The Balaban J connectivity index is 2.61. The van der Waals surface area contributed by atoms with Crippen LogP contribution in [-0.2, 0) is 5.41 Å². The fourth-order valence-electron chi connectivity index (χ4n) is 1.61. The highest BCUT2D eigenvalue weighted by atomic mass is 35.5. The normalized spacial score (nSPS) is 12.6. The van der Waals surface area contributed by atoms with Crippen LogP contribution in [0.25, 0.3) is 11.1 Å². The molecular formula is C14H18ClNOS. The summed E-state index contributed by atoms with van der Waals surface area (Å²) in [5.74, 6) is 0.755. The van der Waals surface area contributed by atoms with Gasteiger partial charge in [0.1, 0.15) is 5.52 Å². The zero-order valence-electron chi connectivity index (χ0n) is 11.4. The quantitative estimate of drug-likeness (QED) is 0.701. The monoisotopic (exact) mass is 283 g/mol. The number of thioether (sulfide) groups is 1. The van der Waals surface area contributed by atoms with Gasteiger partial charge in [-0.1, -0.05) is 46.2 Å². The average Bonchev–Trinajstić information content (AvgIpc) is 2.65. The van der Waals surface area contributed by atoms with Crippen molar-refractivity contribution in [3.8, 4) is 0 Å². The number of rotatable bonds is 2. The summed E-state index contributed by atoms with van der Waals surface area (Å²) >= 11 is 7.98. The Morgan fingerprint density at radius 2 is 1.94 bits per heavy atom. The van der Waals surface area contributed by atoms with Gasteiger partial charge in [-0.15, -0.1) is 11.8 Å². The van der Waals surface area contributed by atoms with Crippen LogP contribution in [0.2, 0.25) is 5.02 Å². The minimum Gasteiger partial charge on any atom is -0.439 e. The van der Waals surface area contributed by atoms with Gasteiger partial charge in [0.25, 0.3) is 0 Å². The zero-order valence-corrected chi connectivity index (χ0v) is 12.9. The maximum atomic E-state index is 6.26. The third kappa shape index (κ3) is 2.67. The summed E-state index contributed by atoms with van der Waals surface area (Å²) in [5, 5.41) is 1.19. The van der Waals surface area contributed by atoms with Crippen LogP contribution in [0, 0.1) is 0 Å². The summed E-state index contributed by atoms with van der Waals surface area (Å²) in [4.78, 5) is 5.55. The van der Waals surface area contributed by atoms with Gasteiger partial charge in [-0.2, -0.15) is 0 Å². The number of benzene rings is 1. The highest BCUT2D eigenvalue weighted by Crippen LogP contribution is 2.38. The van der Waals surface area contributed by atoms with Gasteiger partial charge in [0.15, 0.2) is 5.58 Å². The van der Waals surface area contributed by atoms with Crippen molar-refractivity contribution >= 4 is 34.5 Å². The van der Waals surface area contributed by atoms with Crippen molar-refractivity contribution in [1.82, 2.24) is 4.98 Å². The summed E-state index contributed by atoms with van der Waals surface area (Å²) in [6.07, 6.45) is 0. The molecule has 98 valence electrons. The van der Waals surface area contributed by atoms with Gasteiger partial charge in [0.05, 0.1) is 9.92 Å². The fraction of sp³-hybridized carbons (Fsp3) is 0.500. The Kier molecular flexibility index (Phi) is 3.65. The Morgan fingerprint density at radius 3 is 2.50 bits per heavy atom. The molecule has 2 rings (SSSR count). The molecule has 18 heavy (non-hydrogen) atoms. The predicted molar refractivity (Wildman–Crippen MR) is 78.7 cm³/mol. The number of oxazole rings is 1. The van der Waals surface area contributed by atoms with Crippen molar-refractivity contribution < 1.29 is 4.42 Å². The molecule has 0 N–H and O–H groups in total. The van der Waals surface area contributed by atoms with E-state index >= 15 is 0 Å². The third-order valence-electron chi connectivity index (χ3n) is 2.46. The van der Waals surface area contributed by atoms with E-state index in [0.29, 0.717) is 5.25 Å². The van der Waals surface area contributed by atoms with Crippen LogP contribution < -0.4 is 0 Å². The van der Waals surface area contributed by atoms with E-state index in [1.165, 1.54) is 0 Å². The van der Waals surface area contributed by atoms with Gasteiger partial charge < -0.3 is 4.42 Å². The molecule has 0 saturated heterocycles. The van der Waals surface area contributed by atoms with Crippen LogP contribution in [-0.4, -0.2) is 10.2 Å². The van der Waals surface area contributed by atoms with Crippen molar-refractivity contribution in [1.29, 1.82) is 0 Å². The highest BCUT2D eigenvalue weighted by molar-refractivity contribution is 8.00. The molecule has 1 aromatic heterocycles. The number of hydrogen-bond donors (Lipinski definition) is 0. The second-order valence-corrected chi connectivity index (χ2v) is 7.65. The van der Waals surface area contributed by atoms with E-state index in [1.54, 1.807) is 11.8 Å². The summed E-state index contributed by atoms with van der Waals surface area (Å²) < 4.78 is 5.93. The second-order valence-electron chi connectivity index (χ2n) is 5.66. The zero-order chi connectivity index (χ0) is 13.5. The molecular weight excluding hydrogens is 266 g/mol. The van der Waals surface area contributed by atoms with E-state index in [9.17, 15) is 0 Å². The molecule has 0 spiro atoms. The number of halogens is 1. The fourth-order valence-corrected chi connectivity index (χ4v) is 2.80. The number of fused-ring (bicyclic) bond motifs is 1. The maximum absolute atomic E-state index is 6.26. The van der Waals surface area contributed by atoms with Crippen LogP contribution in [0.3, 0.4) is 0 Å². The molecule has 0 saturated carbocycles. The van der Waals surface area contributed by atoms with Crippen molar-refractivity contribution in [3.05, 3.63) is 23.0 Å². The van der Waals surface area contributed by atoms with Gasteiger partial charge in [0.2, 0.25) is 5.89 Å². The molecule has 0 aliphatic rings. The number of nitrogens with zero attached hydrogens (tertiary/aromatic N) is 1. The van der Waals surface area contributed by atoms with E-state index in [-0.39, 0.29) is 5.41 Å². The molecule has 1 heterocycles. The number of hydrogen-bond acceptors (Lipinski definition) is 3. The predicted octanol–water partition coefficient (Wildman–Crippen LogP) is 5.28. The molecule has 0 amide bonds. The summed E-state index contributed by atoms with van der Waals surface area (Å²) in [7, 11) is 0. The van der Waals surface area contributed by atoms with Crippen LogP contribution in [0.1, 0.15) is 40.5 Å². The molecule has 0 aliphatic carbocycles. The van der Waals surface area contributed by atoms with Crippen LogP contribution in [0.4, 0.5) is 0 Å². The lowest BCUT2D eigenvalue weighted by Crippen LogP contribution is -2.10. The molecule has 2 nitrogen and oxygen atoms in total. The molecule has 2 aromatic rings. The average molecular weight is 284 g/mol. The lowest BCUT2D eigenvalue weighted by molar-refractivity contribution is 0.409. The molecule has 0 aliphatic heterocycles. The van der Waals surface area contributed by atoms with Gasteiger partial charge in [-0.3, -0.25) is 0 Å². The topological polar surface area (TPSA) is 26.0 Å². The molecule has 0 radical (unpaired) electrons. The first kappa shape index (κ1) is 13.8. The van der Waals surface area contributed by atoms with Crippen LogP contribution >= 0.6 is 23.4 Å². The van der Waals surface area contributed by atoms with E-state index in [0.717, 1.165) is 26.9 Å². The Hall–Kier alpha value is -0.670. The lowest BCUT2D eigenvalue weighted by atomic mass is 9.97. The van der Waals surface area contributed by atoms with Crippen molar-refractivity contribution in [2.24, 2.45) is 0 Å². The van der Waals surface area contributed by atoms with Gasteiger partial charge >= 0.3 is 0 Å². The largest absolute Gasteiger partial charge is 0.439 e. The van der Waals surface area contributed by atoms with E-state index < -0.39 is 0 Å². The first-order chi connectivity index (χ1) is 8.29. The van der Waals surface area contributed by atoms with Gasteiger partial charge in [-0.05, 0) is 12.1 Å². The van der Waals surface area contributed by atoms with E-state index in [4.69, 9.17) is 16.0 Å². The van der Waals surface area contributed by atoms with Crippen molar-refractivity contribution in [2.45, 2.75) is 50.2 Å². The van der Waals surface area contributed by atoms with Gasteiger partial charge in [0, 0.05) is 10.7 Å². The molecule has 0 atom stereocenters. The molecule has 1 aromatic carbocycles. The SMILES string of the molecule is CC(C)Sc1c(Cl)ccc2nc(C(C)(C)C)oc12. The Labute approximate surface area is 117 Å². The molecule has 0 bridgehead atoms. The molecule has 4 heteroatoms. The highest BCUT2D eigenvalue weighted by Gasteiger charge is 2.23. The Bertz CT molecular complexity index is 569. The number of aromatic nitrogens is 1. The van der Waals surface area contributed by atoms with E-state index in [1.807, 2.05) is 12.1 Å². The standard InChI is InChI=1S/C14H18ClNOS/c1-8(2)18-12-9(15)6-7-10-11(12)17-13(16-10)14(3,4)5/h6-8H,1-5H3. The van der Waals surface area contributed by atoms with E-state index in [2.05, 4.69) is 39.6 Å². The van der Waals surface area contributed by atoms with Crippen LogP contribution in [0.5, 0.6) is 0 Å². The maximum Gasteiger partial charge on any atom is 0.200 e. The molecule has 0 unspecified atom stereocenters. The summed E-state index contributed by atoms with van der Waals surface area (Å²) in [6.45, 7) is 10.6. The lowest BCUT2D eigenvalue weighted by Gasteiger charge is -2.12. The second kappa shape index (κ2) is 4.78. The summed E-state index contributed by atoms with van der Waals surface area (Å²) in [5.41, 5.74) is 1.60.